The van der Waals surface area contributed by atoms with E-state index >= 15 is 0 Å². The predicted octanol–water partition coefficient (Wildman–Crippen LogP) is 9.31. The summed E-state index contributed by atoms with van der Waals surface area (Å²) in [6.07, 6.45) is 15.3. The lowest BCUT2D eigenvalue weighted by atomic mass is 9.68. The summed E-state index contributed by atoms with van der Waals surface area (Å²) in [5.41, 5.74) is -0.179. The van der Waals surface area contributed by atoms with Crippen molar-refractivity contribution < 1.29 is 118 Å². The van der Waals surface area contributed by atoms with Crippen LogP contribution in [0.25, 0.3) is 0 Å². The molecule has 2 aliphatic carbocycles. The van der Waals surface area contributed by atoms with Gasteiger partial charge in [-0.3, -0.25) is 19.3 Å². The monoisotopic (exact) mass is 1320 g/mol. The number of hydrogen-bond donors (Lipinski definition) is 0. The number of carbonyl (C=O) groups is 6. The molecule has 8 rings (SSSR count). The molecule has 6 heterocycles. The molecule has 7 fully saturated rings. The molecular weight excluding hydrogens is 1200 g/mol. The lowest BCUT2D eigenvalue weighted by Gasteiger charge is -2.40. The summed E-state index contributed by atoms with van der Waals surface area (Å²) in [4.78, 5) is 62.4. The summed E-state index contributed by atoms with van der Waals surface area (Å²) in [6, 6.07) is 0. The minimum absolute atomic E-state index is 0.0529. The number of ether oxygens (including phenoxy) is 16. The molecule has 0 aromatic carbocycles. The van der Waals surface area contributed by atoms with Crippen LogP contribution >= 0.6 is 0 Å². The highest BCUT2D eigenvalue weighted by atomic mass is 19.4. The fourth-order valence-electron chi connectivity index (χ4n) is 6.21. The van der Waals surface area contributed by atoms with E-state index in [0.29, 0.717) is 48.1 Å². The molecule has 91 heavy (non-hydrogen) atoms. The van der Waals surface area contributed by atoms with Gasteiger partial charge in [0.15, 0.2) is 5.78 Å². The van der Waals surface area contributed by atoms with Crippen LogP contribution in [0.3, 0.4) is 0 Å². The first kappa shape index (κ1) is 94.2. The third-order valence-corrected chi connectivity index (χ3v) is 12.7. The maximum Gasteiger partial charge on any atom is 0.422 e. The quantitative estimate of drug-likeness (QED) is 0.0126. The first-order chi connectivity index (χ1) is 42.7. The van der Waals surface area contributed by atoms with E-state index in [2.05, 4.69) is 103 Å². The molecular formula is C65H112F3NO22. The topological polar surface area (TPSA) is 270 Å². The molecule has 0 N–H and O–H groups in total. The van der Waals surface area contributed by atoms with Crippen molar-refractivity contribution in [2.24, 2.45) is 11.3 Å². The van der Waals surface area contributed by atoms with E-state index in [-0.39, 0.29) is 48.2 Å². The van der Waals surface area contributed by atoms with Crippen LogP contribution in [0.1, 0.15) is 93.4 Å². The number of amides is 2. The highest BCUT2D eigenvalue weighted by Crippen LogP contribution is 2.43. The molecule has 0 spiro atoms. The van der Waals surface area contributed by atoms with Crippen LogP contribution in [0.15, 0.2) is 87.3 Å². The van der Waals surface area contributed by atoms with Gasteiger partial charge in [-0.25, -0.2) is 14.4 Å². The number of halogens is 3. The summed E-state index contributed by atoms with van der Waals surface area (Å²) < 4.78 is 110. The molecule has 7 unspecified atom stereocenters. The Morgan fingerprint density at radius 2 is 1.23 bits per heavy atom. The van der Waals surface area contributed by atoms with Gasteiger partial charge in [0.05, 0.1) is 111 Å². The Morgan fingerprint density at radius 1 is 0.736 bits per heavy atom. The number of fused-ring (bicyclic) bond motifs is 1. The van der Waals surface area contributed by atoms with Gasteiger partial charge in [-0.15, -0.1) is 6.58 Å². The van der Waals surface area contributed by atoms with E-state index in [1.807, 2.05) is 6.92 Å². The van der Waals surface area contributed by atoms with E-state index in [9.17, 15) is 41.9 Å². The van der Waals surface area contributed by atoms with Crippen LogP contribution in [-0.2, 0) is 105 Å². The van der Waals surface area contributed by atoms with Crippen molar-refractivity contribution in [1.82, 2.24) is 4.90 Å². The van der Waals surface area contributed by atoms with Gasteiger partial charge in [0.2, 0.25) is 0 Å². The zero-order valence-corrected chi connectivity index (χ0v) is 57.8. The Balaban J connectivity index is -0.000000296. The first-order valence-corrected chi connectivity index (χ1v) is 29.1. The normalized spacial score (nSPS) is 21.9. The second-order valence-corrected chi connectivity index (χ2v) is 21.2. The van der Waals surface area contributed by atoms with Crippen LogP contribution in [-0.4, -0.2) is 233 Å². The number of hydrogen-bond acceptors (Lipinski definition) is 22. The Kier molecular flexibility index (Phi) is 58.1. The van der Waals surface area contributed by atoms with Gasteiger partial charge in [-0.05, 0) is 97.5 Å². The number of ketones is 1. The molecule has 0 aromatic heterocycles. The smallest absolute Gasteiger partial charge is 0.422 e. The van der Waals surface area contributed by atoms with Crippen molar-refractivity contribution in [1.29, 1.82) is 0 Å². The Labute approximate surface area is 540 Å². The van der Waals surface area contributed by atoms with Gasteiger partial charge in [0.25, 0.3) is 11.8 Å². The van der Waals surface area contributed by atoms with Crippen molar-refractivity contribution in [2.75, 3.05) is 144 Å². The van der Waals surface area contributed by atoms with Gasteiger partial charge in [0, 0.05) is 80.1 Å². The predicted molar refractivity (Wildman–Crippen MR) is 340 cm³/mol. The molecule has 0 bridgehead atoms. The third kappa shape index (κ3) is 58.1. The average molecular weight is 1320 g/mol. The maximum absolute atomic E-state index is 11.5. The standard InChI is InChI=1S/C8H14O2.C8H16O.C6H10O3.C5H5F3O2.C5H5NO2.C5H10O2.C5H8O2.C5H10O.C4H8O2.C4H6O2.C4H8O.2C3H6O/c1-9-5-6-2-3-7-8(4-6)10-7;1-3-8(7-9-2)5-4-6-8;1-3-6(7)4-9-5-8-2;1-3(4(9)10-2)5(6,7)8;1-6-4(7)2-3-5(6)8;1-5(3-6-2)4-7-5;1-4(2)5(6)7-3;1-4-5(2,3)6-4;1-5-2-4-3-6-4;1-3-4(5)6-2;1-3-4-5-2;1-3-2-4-3;1-3-4-2/h6-8H,2-5H2,1H3;3-7H2,1-2H3;3H,1,4-5H2,2H3;1H2,2H3;2-3H,1H3;3-4H2,1-2H3;1H2,2-3H3;4H,1-3H3;4H,2-3H2,1H3;3H,1H2,2H3;3H,1,4H2,2H3;3H,2H2,1H3;3H,1H2,2H3. The molecule has 2 amide bonds. The van der Waals surface area contributed by atoms with Crippen molar-refractivity contribution in [3.05, 3.63) is 87.3 Å². The SMILES string of the molecule is C=C(C(=O)OC)C(F)(F)F.C=C(C)C(=O)OC.C=CC(=O)COCOC.C=CC(=O)OC.C=CCOC.C=COC.CC1CO1.CC1OC1(C)C.CCC1(COC)CCC1.CN1C(=O)C=CC1=O.COCC1(C)CO1.COCC1CCC2OC2C1.COCC1CO1. The number of carbonyl (C=O) groups excluding carboxylic acids is 6. The molecule has 5 saturated heterocycles. The Morgan fingerprint density at radius 3 is 1.41 bits per heavy atom. The number of likely N-dealkylation sites (N-methyl/N-ethyl adjacent to an activating group) is 1. The molecule has 8 aliphatic rings. The highest BCUT2D eigenvalue weighted by Gasteiger charge is 2.44. The summed E-state index contributed by atoms with van der Waals surface area (Å²) in [5.74, 6) is -2.03. The number of imide groups is 1. The lowest BCUT2D eigenvalue weighted by Crippen LogP contribution is -2.33. The molecule has 6 aliphatic heterocycles. The van der Waals surface area contributed by atoms with Gasteiger partial charge in [-0.2, -0.15) is 13.2 Å². The first-order valence-electron chi connectivity index (χ1n) is 29.1. The fourth-order valence-corrected chi connectivity index (χ4v) is 6.21. The summed E-state index contributed by atoms with van der Waals surface area (Å²) in [5, 5.41) is 0. The van der Waals surface area contributed by atoms with Gasteiger partial charge in [-0.1, -0.05) is 52.3 Å². The number of nitrogens with zero attached hydrogens (tertiary/aromatic N) is 1. The van der Waals surface area contributed by atoms with E-state index < -0.39 is 23.7 Å². The minimum atomic E-state index is -4.69. The van der Waals surface area contributed by atoms with E-state index in [0.717, 1.165) is 70.3 Å². The Hall–Kier alpha value is -5.49. The van der Waals surface area contributed by atoms with Crippen LogP contribution in [0, 0.1) is 11.3 Å². The third-order valence-electron chi connectivity index (χ3n) is 12.7. The minimum Gasteiger partial charge on any atom is -0.505 e. The van der Waals surface area contributed by atoms with E-state index in [1.54, 1.807) is 55.7 Å². The van der Waals surface area contributed by atoms with Crippen LogP contribution in [0.2, 0.25) is 0 Å². The van der Waals surface area contributed by atoms with Crippen LogP contribution < -0.4 is 0 Å². The van der Waals surface area contributed by atoms with Crippen molar-refractivity contribution in [3.63, 3.8) is 0 Å². The molecule has 2 saturated carbocycles. The molecule has 0 aromatic rings. The second-order valence-electron chi connectivity index (χ2n) is 21.2. The number of epoxide rings is 5. The maximum atomic E-state index is 11.5. The van der Waals surface area contributed by atoms with E-state index in [4.69, 9.17) is 47.4 Å². The van der Waals surface area contributed by atoms with Crippen molar-refractivity contribution in [2.45, 2.75) is 141 Å². The molecule has 530 valence electrons. The molecule has 26 heteroatoms. The fraction of sp³-hybridized carbons (Fsp3) is 0.692. The van der Waals surface area contributed by atoms with Gasteiger partial charge < -0.3 is 75.8 Å². The van der Waals surface area contributed by atoms with Crippen molar-refractivity contribution in [3.8, 4) is 0 Å². The number of alkyl halides is 3. The zero-order valence-electron chi connectivity index (χ0n) is 57.8. The highest BCUT2D eigenvalue weighted by molar-refractivity contribution is 6.12. The van der Waals surface area contributed by atoms with Crippen molar-refractivity contribution >= 4 is 35.5 Å². The number of rotatable bonds is 20. The number of methoxy groups -OCH3 is 10. The van der Waals surface area contributed by atoms with Gasteiger partial charge >= 0.3 is 24.1 Å². The number of esters is 3. The summed E-state index contributed by atoms with van der Waals surface area (Å²) in [7, 11) is 16.6. The van der Waals surface area contributed by atoms with Crippen LogP contribution in [0.4, 0.5) is 13.2 Å². The molecule has 7 atom stereocenters. The Bertz CT molecular complexity index is 2040. The molecule has 23 nitrogen and oxygen atoms in total. The van der Waals surface area contributed by atoms with E-state index in [1.165, 1.54) is 97.8 Å². The molecule has 0 radical (unpaired) electrons. The zero-order chi connectivity index (χ0) is 71.2. The summed E-state index contributed by atoms with van der Waals surface area (Å²) in [6.45, 7) is 40.2. The van der Waals surface area contributed by atoms with Crippen LogP contribution in [0.5, 0.6) is 0 Å². The lowest BCUT2D eigenvalue weighted by molar-refractivity contribution is -0.148. The second kappa shape index (κ2) is 56.1. The largest absolute Gasteiger partial charge is 0.505 e. The van der Waals surface area contributed by atoms with Gasteiger partial charge in [0.1, 0.15) is 30.7 Å². The summed E-state index contributed by atoms with van der Waals surface area (Å²) >= 11 is 0. The average Bonchev–Trinajstić information content (AvgIpc) is 1.79.